The van der Waals surface area contributed by atoms with E-state index in [-0.39, 0.29) is 75.8 Å². The molecule has 25 heavy (non-hydrogen) atoms. The van der Waals surface area contributed by atoms with Crippen LogP contribution in [0.25, 0.3) is 0 Å². The molecule has 0 unspecified atom stereocenters. The minimum atomic E-state index is 0. The molecule has 0 heterocycles. The normalized spacial score (nSPS) is 8.64. The van der Waals surface area contributed by atoms with Crippen LogP contribution < -0.4 is 49.6 Å². The van der Waals surface area contributed by atoms with Gasteiger partial charge in [-0.05, 0) is 37.0 Å². The summed E-state index contributed by atoms with van der Waals surface area (Å²) in [7, 11) is 0.878. The van der Waals surface area contributed by atoms with E-state index < -0.39 is 0 Å². The number of rotatable bonds is 12. The Hall–Kier alpha value is 2.90. The van der Waals surface area contributed by atoms with Crippen LogP contribution in [0, 0.1) is 0 Å². The van der Waals surface area contributed by atoms with Gasteiger partial charge in [0.1, 0.15) is 0 Å². The molecule has 0 rings (SSSR count). The Bertz CT molecular complexity index is 135. The molecule has 0 aromatic heterocycles. The van der Waals surface area contributed by atoms with Gasteiger partial charge in [-0.15, -0.1) is 15.8 Å². The fourth-order valence-corrected chi connectivity index (χ4v) is 7.70. The molecular weight excluding hydrogens is 511 g/mol. The van der Waals surface area contributed by atoms with Crippen LogP contribution in [-0.4, -0.2) is 37.0 Å². The molecule has 0 aromatic rings. The first-order chi connectivity index (χ1) is 9.69. The topological polar surface area (TPSA) is 0 Å². The van der Waals surface area contributed by atoms with E-state index in [1.54, 1.807) is 0 Å². The van der Waals surface area contributed by atoms with E-state index in [1.165, 1.54) is 75.5 Å². The average molecular weight is 554 g/mol. The van der Waals surface area contributed by atoms with Crippen molar-refractivity contribution in [2.24, 2.45) is 0 Å². The van der Waals surface area contributed by atoms with Crippen LogP contribution in [0.1, 0.15) is 80.1 Å². The first-order valence-corrected chi connectivity index (χ1v) is 12.9. The Morgan fingerprint density at radius 2 is 0.480 bits per heavy atom. The molecule has 0 saturated heterocycles. The van der Waals surface area contributed by atoms with Crippen LogP contribution in [0.4, 0.5) is 0 Å². The third-order valence-electron chi connectivity index (χ3n) is 3.24. The van der Waals surface area contributed by atoms with Crippen molar-refractivity contribution in [2.45, 2.75) is 80.1 Å². The maximum absolute atomic E-state index is 2.31. The van der Waals surface area contributed by atoms with Gasteiger partial charge in [-0.1, -0.05) is 80.1 Å². The van der Waals surface area contributed by atoms with E-state index in [0.717, 1.165) is 0 Å². The summed E-state index contributed by atoms with van der Waals surface area (Å²) < 4.78 is 0. The van der Waals surface area contributed by atoms with Gasteiger partial charge in [0, 0.05) is 0 Å². The van der Waals surface area contributed by atoms with Crippen molar-refractivity contribution in [2.75, 3.05) is 37.0 Å². The van der Waals surface area contributed by atoms with Crippen LogP contribution in [0.3, 0.4) is 0 Å². The summed E-state index contributed by atoms with van der Waals surface area (Å²) in [6, 6.07) is 0. The van der Waals surface area contributed by atoms with Crippen molar-refractivity contribution >= 4 is 15.8 Å². The Kier molecular flexibility index (Phi) is 76.4. The predicted molar refractivity (Wildman–Crippen MR) is 105 cm³/mol. The first-order valence-electron chi connectivity index (χ1n) is 9.14. The molecule has 0 fully saturated rings. The predicted octanol–water partition coefficient (Wildman–Crippen LogP) is -4.59. The minimum absolute atomic E-state index is 0. The summed E-state index contributed by atoms with van der Waals surface area (Å²) >= 11 is 0. The van der Waals surface area contributed by atoms with Crippen molar-refractivity contribution < 1.29 is 75.8 Å². The zero-order chi connectivity index (χ0) is 15.6. The standard InChI is InChI=1S/2C9H21P.4ClH.Zr/c2*1-4-7-10(8-5-2)9-6-3;;;;;/h2*4-9H2,1-3H3;4*1H;/q;;;;;;+2/p-4. The molecule has 0 aliphatic rings. The Labute approximate surface area is 207 Å². The maximum Gasteiger partial charge on any atom is 2.00 e. The van der Waals surface area contributed by atoms with Crippen molar-refractivity contribution in [3.63, 3.8) is 0 Å². The number of halogens is 4. The molecule has 0 saturated carbocycles. The maximum atomic E-state index is 2.31. The molecular formula is C18H42Cl4P2Zr-2. The largest absolute Gasteiger partial charge is 2.00 e. The van der Waals surface area contributed by atoms with Gasteiger partial charge < -0.3 is 49.6 Å². The Morgan fingerprint density at radius 1 is 0.360 bits per heavy atom. The summed E-state index contributed by atoms with van der Waals surface area (Å²) in [6.07, 6.45) is 17.4. The SMILES string of the molecule is CCCP(CCC)CCC.CCCP(CCC)CCC.[Cl-].[Cl-].[Cl-].[Cl-].[Zr+2]. The van der Waals surface area contributed by atoms with Crippen molar-refractivity contribution in [3.8, 4) is 0 Å². The van der Waals surface area contributed by atoms with Crippen molar-refractivity contribution in [1.82, 2.24) is 0 Å². The molecule has 0 atom stereocenters. The van der Waals surface area contributed by atoms with Crippen molar-refractivity contribution in [3.05, 3.63) is 0 Å². The van der Waals surface area contributed by atoms with Gasteiger partial charge in [-0.25, -0.2) is 0 Å². The summed E-state index contributed by atoms with van der Waals surface area (Å²) in [6.45, 7) is 13.8. The molecule has 0 spiro atoms. The van der Waals surface area contributed by atoms with E-state index in [1.807, 2.05) is 0 Å². The molecule has 0 aliphatic heterocycles. The number of hydrogen-bond acceptors (Lipinski definition) is 0. The molecule has 0 radical (unpaired) electrons. The molecule has 158 valence electrons. The van der Waals surface area contributed by atoms with Crippen LogP contribution >= 0.6 is 15.8 Å². The van der Waals surface area contributed by atoms with Gasteiger partial charge in [0.25, 0.3) is 0 Å². The quantitative estimate of drug-likeness (QED) is 0.214. The monoisotopic (exact) mass is 550 g/mol. The van der Waals surface area contributed by atoms with Crippen LogP contribution in [0.15, 0.2) is 0 Å². The van der Waals surface area contributed by atoms with Crippen LogP contribution in [0.2, 0.25) is 0 Å². The minimum Gasteiger partial charge on any atom is -1.00 e. The first kappa shape index (κ1) is 46.2. The molecule has 0 aromatic carbocycles. The molecule has 0 aliphatic carbocycles. The zero-order valence-electron chi connectivity index (χ0n) is 17.4. The molecule has 7 heteroatoms. The van der Waals surface area contributed by atoms with Gasteiger partial charge in [-0.2, -0.15) is 0 Å². The third kappa shape index (κ3) is 38.2. The zero-order valence-corrected chi connectivity index (χ0v) is 24.7. The fourth-order valence-electron chi connectivity index (χ4n) is 2.57. The van der Waals surface area contributed by atoms with Crippen LogP contribution in [-0.2, 0) is 26.2 Å². The van der Waals surface area contributed by atoms with E-state index in [0.29, 0.717) is 15.8 Å². The second-order valence-corrected chi connectivity index (χ2v) is 11.0. The summed E-state index contributed by atoms with van der Waals surface area (Å²) in [4.78, 5) is 0. The van der Waals surface area contributed by atoms with Gasteiger partial charge in [0.05, 0.1) is 0 Å². The third-order valence-corrected chi connectivity index (χ3v) is 9.72. The second-order valence-electron chi connectivity index (χ2n) is 5.68. The van der Waals surface area contributed by atoms with Gasteiger partial charge in [0.15, 0.2) is 0 Å². The van der Waals surface area contributed by atoms with E-state index >= 15 is 0 Å². The fraction of sp³-hybridized carbons (Fsp3) is 1.00. The van der Waals surface area contributed by atoms with E-state index in [9.17, 15) is 0 Å². The Balaban J connectivity index is -0.0000000432. The number of hydrogen-bond donors (Lipinski definition) is 0. The molecule has 0 N–H and O–H groups in total. The summed E-state index contributed by atoms with van der Waals surface area (Å²) in [5, 5.41) is 0. The average Bonchev–Trinajstić information content (AvgIpc) is 2.41. The molecule has 0 amide bonds. The van der Waals surface area contributed by atoms with E-state index in [4.69, 9.17) is 0 Å². The molecule has 0 nitrogen and oxygen atoms in total. The Morgan fingerprint density at radius 3 is 0.560 bits per heavy atom. The van der Waals surface area contributed by atoms with Crippen molar-refractivity contribution in [1.29, 1.82) is 0 Å². The molecule has 0 bridgehead atoms. The second kappa shape index (κ2) is 41.3. The smallest absolute Gasteiger partial charge is 1.00 e. The van der Waals surface area contributed by atoms with Crippen LogP contribution in [0.5, 0.6) is 0 Å². The van der Waals surface area contributed by atoms with Gasteiger partial charge in [-0.3, -0.25) is 0 Å². The van der Waals surface area contributed by atoms with Gasteiger partial charge in [0.2, 0.25) is 0 Å². The van der Waals surface area contributed by atoms with E-state index in [2.05, 4.69) is 41.5 Å². The van der Waals surface area contributed by atoms with Gasteiger partial charge >= 0.3 is 26.2 Å². The summed E-state index contributed by atoms with van der Waals surface area (Å²) in [5.74, 6) is 0. The summed E-state index contributed by atoms with van der Waals surface area (Å²) in [5.41, 5.74) is 0.